The molecule has 5 rings (SSSR count). The Bertz CT molecular complexity index is 1220. The minimum absolute atomic E-state index is 0.0159. The summed E-state index contributed by atoms with van der Waals surface area (Å²) in [4.78, 5) is 36.0. The number of amides is 2. The highest BCUT2D eigenvalue weighted by Gasteiger charge is 2.25. The van der Waals surface area contributed by atoms with Gasteiger partial charge in [-0.25, -0.2) is 0 Å². The predicted octanol–water partition coefficient (Wildman–Crippen LogP) is 2.74. The van der Waals surface area contributed by atoms with Crippen LogP contribution in [0, 0.1) is 0 Å². The van der Waals surface area contributed by atoms with E-state index in [9.17, 15) is 9.59 Å². The number of ether oxygens (including phenoxy) is 2. The van der Waals surface area contributed by atoms with Crippen LogP contribution in [0.4, 0.5) is 0 Å². The number of aromatic nitrogens is 2. The van der Waals surface area contributed by atoms with Gasteiger partial charge in [0.25, 0.3) is 5.91 Å². The Morgan fingerprint density at radius 2 is 1.78 bits per heavy atom. The Morgan fingerprint density at radius 3 is 2.57 bits per heavy atom. The summed E-state index contributed by atoms with van der Waals surface area (Å²) in [5, 5.41) is 4.10. The molecule has 3 aromatic rings. The number of aryl methyl sites for hydroxylation is 1. The van der Waals surface area contributed by atoms with Crippen LogP contribution < -0.4 is 9.47 Å². The fourth-order valence-electron chi connectivity index (χ4n) is 4.53. The van der Waals surface area contributed by atoms with Crippen LogP contribution in [0.15, 0.2) is 53.1 Å². The normalized spacial score (nSPS) is 15.1. The summed E-state index contributed by atoms with van der Waals surface area (Å²) < 4.78 is 16.1. The standard InChI is InChI=1S/C27H31N5O5/c1-2-31(17-20-6-4-3-5-7-20)26(33)11-10-25-28-24(29-37-25)18-30-12-14-32(15-13-30)27(34)21-8-9-22-23(16-21)36-19-35-22/h3-9,16H,2,10-15,17-19H2,1H3. The van der Waals surface area contributed by atoms with Gasteiger partial charge in [-0.05, 0) is 30.7 Å². The van der Waals surface area contributed by atoms with Gasteiger partial charge in [-0.1, -0.05) is 35.5 Å². The van der Waals surface area contributed by atoms with Crippen LogP contribution in [0.1, 0.15) is 41.0 Å². The molecule has 2 aromatic carbocycles. The summed E-state index contributed by atoms with van der Waals surface area (Å²) in [6, 6.07) is 15.3. The predicted molar refractivity (Wildman–Crippen MR) is 134 cm³/mol. The monoisotopic (exact) mass is 505 g/mol. The molecule has 2 amide bonds. The van der Waals surface area contributed by atoms with Gasteiger partial charge in [-0.2, -0.15) is 4.98 Å². The third kappa shape index (κ3) is 6.08. The van der Waals surface area contributed by atoms with Crippen molar-refractivity contribution >= 4 is 11.8 Å². The van der Waals surface area contributed by atoms with Crippen molar-refractivity contribution in [2.75, 3.05) is 39.5 Å². The molecule has 0 unspecified atom stereocenters. The van der Waals surface area contributed by atoms with Crippen molar-refractivity contribution in [2.24, 2.45) is 0 Å². The maximum absolute atomic E-state index is 12.9. The third-order valence-corrected chi connectivity index (χ3v) is 6.66. The van der Waals surface area contributed by atoms with E-state index in [0.717, 1.165) is 5.56 Å². The second kappa shape index (κ2) is 11.4. The lowest BCUT2D eigenvalue weighted by molar-refractivity contribution is -0.131. The van der Waals surface area contributed by atoms with E-state index in [0.29, 0.717) is 87.4 Å². The van der Waals surface area contributed by atoms with Crippen molar-refractivity contribution in [3.63, 3.8) is 0 Å². The molecule has 0 aliphatic carbocycles. The highest BCUT2D eigenvalue weighted by molar-refractivity contribution is 5.95. The Balaban J connectivity index is 1.07. The lowest BCUT2D eigenvalue weighted by Gasteiger charge is -2.34. The van der Waals surface area contributed by atoms with Gasteiger partial charge in [0.15, 0.2) is 17.3 Å². The van der Waals surface area contributed by atoms with Crippen LogP contribution in [0.2, 0.25) is 0 Å². The molecule has 37 heavy (non-hydrogen) atoms. The number of benzene rings is 2. The topological polar surface area (TPSA) is 101 Å². The molecule has 0 bridgehead atoms. The number of carbonyl (C=O) groups is 2. The summed E-state index contributed by atoms with van der Waals surface area (Å²) in [5.41, 5.74) is 1.70. The van der Waals surface area contributed by atoms with E-state index in [4.69, 9.17) is 14.0 Å². The Morgan fingerprint density at radius 1 is 1.00 bits per heavy atom. The maximum Gasteiger partial charge on any atom is 0.254 e. The maximum atomic E-state index is 12.9. The molecule has 1 fully saturated rings. The second-order valence-corrected chi connectivity index (χ2v) is 9.13. The van der Waals surface area contributed by atoms with Crippen LogP contribution in [-0.2, 0) is 24.3 Å². The third-order valence-electron chi connectivity index (χ3n) is 6.66. The van der Waals surface area contributed by atoms with Crippen molar-refractivity contribution in [3.8, 4) is 11.5 Å². The van der Waals surface area contributed by atoms with Gasteiger partial charge in [0.05, 0.1) is 6.54 Å². The Kier molecular flexibility index (Phi) is 7.65. The minimum Gasteiger partial charge on any atom is -0.454 e. The molecule has 0 N–H and O–H groups in total. The van der Waals surface area contributed by atoms with Gasteiger partial charge in [0.1, 0.15) is 0 Å². The number of hydrogen-bond donors (Lipinski definition) is 0. The number of nitrogens with zero attached hydrogens (tertiary/aromatic N) is 5. The minimum atomic E-state index is -0.0159. The average Bonchev–Trinajstić information content (AvgIpc) is 3.60. The Hall–Kier alpha value is -3.92. The summed E-state index contributed by atoms with van der Waals surface area (Å²) in [5.74, 6) is 2.38. The van der Waals surface area contributed by atoms with Gasteiger partial charge >= 0.3 is 0 Å². The molecule has 1 saturated heterocycles. The highest BCUT2D eigenvalue weighted by Crippen LogP contribution is 2.32. The summed E-state index contributed by atoms with van der Waals surface area (Å²) in [6.07, 6.45) is 0.734. The lowest BCUT2D eigenvalue weighted by Crippen LogP contribution is -2.48. The smallest absolute Gasteiger partial charge is 0.254 e. The number of carbonyl (C=O) groups excluding carboxylic acids is 2. The van der Waals surface area contributed by atoms with E-state index in [-0.39, 0.29) is 18.6 Å². The molecule has 194 valence electrons. The molecule has 0 saturated carbocycles. The first-order valence-electron chi connectivity index (χ1n) is 12.6. The Labute approximate surface area is 215 Å². The lowest BCUT2D eigenvalue weighted by atomic mass is 10.1. The van der Waals surface area contributed by atoms with Gasteiger partial charge in [-0.15, -0.1) is 0 Å². The van der Waals surface area contributed by atoms with Crippen LogP contribution in [-0.4, -0.2) is 76.2 Å². The molecule has 0 atom stereocenters. The SMILES string of the molecule is CCN(Cc1ccccc1)C(=O)CCc1nc(CN2CCN(C(=O)c3ccc4c(c3)OCO4)CC2)no1. The number of fused-ring (bicyclic) bond motifs is 1. The summed E-state index contributed by atoms with van der Waals surface area (Å²) in [6.45, 7) is 6.59. The molecule has 2 aliphatic heterocycles. The number of rotatable bonds is 9. The van der Waals surface area contributed by atoms with Crippen molar-refractivity contribution < 1.29 is 23.6 Å². The van der Waals surface area contributed by atoms with Gasteiger partial charge in [0.2, 0.25) is 18.6 Å². The number of piperazine rings is 1. The molecule has 0 radical (unpaired) electrons. The fraction of sp³-hybridized carbons (Fsp3) is 0.407. The van der Waals surface area contributed by atoms with Gasteiger partial charge in [0, 0.05) is 57.7 Å². The molecular weight excluding hydrogens is 474 g/mol. The second-order valence-electron chi connectivity index (χ2n) is 9.13. The zero-order chi connectivity index (χ0) is 25.6. The zero-order valence-electron chi connectivity index (χ0n) is 21.0. The molecule has 10 nitrogen and oxygen atoms in total. The van der Waals surface area contributed by atoms with Crippen LogP contribution >= 0.6 is 0 Å². The van der Waals surface area contributed by atoms with E-state index in [1.54, 1.807) is 18.2 Å². The van der Waals surface area contributed by atoms with E-state index < -0.39 is 0 Å². The summed E-state index contributed by atoms with van der Waals surface area (Å²) in [7, 11) is 0. The highest BCUT2D eigenvalue weighted by atomic mass is 16.7. The van der Waals surface area contributed by atoms with Crippen LogP contribution in [0.3, 0.4) is 0 Å². The molecule has 3 heterocycles. The van der Waals surface area contributed by atoms with E-state index in [1.807, 2.05) is 47.1 Å². The first-order chi connectivity index (χ1) is 18.1. The van der Waals surface area contributed by atoms with Gasteiger partial charge < -0.3 is 23.8 Å². The quantitative estimate of drug-likeness (QED) is 0.438. The van der Waals surface area contributed by atoms with Crippen molar-refractivity contribution in [1.29, 1.82) is 0 Å². The van der Waals surface area contributed by atoms with Crippen molar-refractivity contribution in [2.45, 2.75) is 32.9 Å². The zero-order valence-corrected chi connectivity index (χ0v) is 21.0. The van der Waals surface area contributed by atoms with Crippen LogP contribution in [0.25, 0.3) is 0 Å². The molecule has 0 spiro atoms. The molecule has 2 aliphatic rings. The largest absolute Gasteiger partial charge is 0.454 e. The van der Waals surface area contributed by atoms with E-state index in [1.165, 1.54) is 0 Å². The molecular formula is C27H31N5O5. The van der Waals surface area contributed by atoms with E-state index >= 15 is 0 Å². The van der Waals surface area contributed by atoms with E-state index in [2.05, 4.69) is 15.0 Å². The number of hydrogen-bond acceptors (Lipinski definition) is 8. The fourth-order valence-corrected chi connectivity index (χ4v) is 4.53. The average molecular weight is 506 g/mol. The molecule has 1 aromatic heterocycles. The van der Waals surface area contributed by atoms with Crippen molar-refractivity contribution in [1.82, 2.24) is 24.8 Å². The summed E-state index contributed by atoms with van der Waals surface area (Å²) >= 11 is 0. The van der Waals surface area contributed by atoms with Gasteiger partial charge in [-0.3, -0.25) is 14.5 Å². The first kappa shape index (κ1) is 24.8. The first-order valence-corrected chi connectivity index (χ1v) is 12.6. The van der Waals surface area contributed by atoms with Crippen molar-refractivity contribution in [3.05, 3.63) is 71.4 Å². The van der Waals surface area contributed by atoms with Crippen LogP contribution in [0.5, 0.6) is 11.5 Å². The molecule has 10 heteroatoms.